The average Bonchev–Trinajstić information content (AvgIpc) is 3.14. The number of aryl methyl sites for hydroxylation is 2. The molecule has 2 heterocycles. The number of nitrogens with zero attached hydrogens (tertiary/aromatic N) is 2. The molecule has 2 N–H and O–H groups in total. The van der Waals surface area contributed by atoms with Crippen molar-refractivity contribution in [1.82, 2.24) is 9.62 Å². The third kappa shape index (κ3) is 5.96. The van der Waals surface area contributed by atoms with Crippen LogP contribution in [0.1, 0.15) is 63.0 Å². The molecule has 0 bridgehead atoms. The fourth-order valence-electron chi connectivity index (χ4n) is 5.71. The van der Waals surface area contributed by atoms with E-state index < -0.39 is 15.6 Å². The van der Waals surface area contributed by atoms with Crippen LogP contribution in [0.15, 0.2) is 23.2 Å². The maximum absolute atomic E-state index is 13.1. The Hall–Kier alpha value is -2.33. The molecule has 1 aliphatic carbocycles. The molecule has 0 radical (unpaired) electrons. The van der Waals surface area contributed by atoms with Crippen LogP contribution < -0.4 is 10.6 Å². The molecule has 1 saturated carbocycles. The van der Waals surface area contributed by atoms with Crippen molar-refractivity contribution in [2.24, 2.45) is 16.8 Å². The zero-order valence-corrected chi connectivity index (χ0v) is 22.0. The van der Waals surface area contributed by atoms with Crippen molar-refractivity contribution in [1.29, 1.82) is 0 Å². The van der Waals surface area contributed by atoms with Gasteiger partial charge in [-0.05, 0) is 87.5 Å². The molecular formula is C26H37FN4O4S. The van der Waals surface area contributed by atoms with Crippen LogP contribution in [0.3, 0.4) is 0 Å². The van der Waals surface area contributed by atoms with E-state index in [9.17, 15) is 22.4 Å². The fraction of sp³-hybridized carbons (Fsp3) is 0.654. The van der Waals surface area contributed by atoms with Crippen LogP contribution >= 0.6 is 0 Å². The summed E-state index contributed by atoms with van der Waals surface area (Å²) < 4.78 is 40.3. The van der Waals surface area contributed by atoms with Gasteiger partial charge in [-0.2, -0.15) is 0 Å². The zero-order chi connectivity index (χ0) is 25.9. The van der Waals surface area contributed by atoms with Gasteiger partial charge in [0.15, 0.2) is 0 Å². The van der Waals surface area contributed by atoms with E-state index >= 15 is 0 Å². The van der Waals surface area contributed by atoms with Crippen LogP contribution in [0.4, 0.5) is 10.1 Å². The van der Waals surface area contributed by atoms with Gasteiger partial charge in [0.05, 0.1) is 12.4 Å². The summed E-state index contributed by atoms with van der Waals surface area (Å²) in [7, 11) is -3.48. The Morgan fingerprint density at radius 1 is 1.22 bits per heavy atom. The van der Waals surface area contributed by atoms with Crippen molar-refractivity contribution in [2.45, 2.75) is 70.8 Å². The lowest BCUT2D eigenvalue weighted by atomic mass is 9.80. The number of hydrogen-bond acceptors (Lipinski definition) is 5. The number of aliphatic imine (C=N–C) groups is 1. The number of carbonyl (C=O) groups excluding carboxylic acids is 2. The number of amides is 2. The van der Waals surface area contributed by atoms with Crippen LogP contribution in [0.2, 0.25) is 0 Å². The van der Waals surface area contributed by atoms with Gasteiger partial charge >= 0.3 is 0 Å². The number of nitrogens with one attached hydrogen (secondary N) is 2. The normalized spacial score (nSPS) is 24.4. The number of rotatable bonds is 8. The zero-order valence-electron chi connectivity index (χ0n) is 21.2. The van der Waals surface area contributed by atoms with Crippen LogP contribution in [0.25, 0.3) is 0 Å². The Labute approximate surface area is 213 Å². The Bertz CT molecular complexity index is 1120. The quantitative estimate of drug-likeness (QED) is 0.548. The average molecular weight is 521 g/mol. The minimum atomic E-state index is -3.48. The molecule has 10 heteroatoms. The lowest BCUT2D eigenvalue weighted by Gasteiger charge is -2.34. The first kappa shape index (κ1) is 26.7. The fourth-order valence-corrected chi connectivity index (χ4v) is 7.19. The molecule has 0 atom stereocenters. The van der Waals surface area contributed by atoms with E-state index in [1.807, 2.05) is 19.1 Å². The standard InChI is InChI=1S/C26H37FN4O4S/c1-18-17-23(28-19(2)32)8-7-21(18)10-16-36(34,35)31-14-11-26(12-15-31)25(33)29-24(30-26)22-5-3-20(4-6-22)9-13-27/h7-8,17,20,22H,3-6,9-16H2,1-2H3,(H,28,32)(H,29,30,33)/t20-,22-. The van der Waals surface area contributed by atoms with Gasteiger partial charge in [-0.1, -0.05) is 6.07 Å². The lowest BCUT2D eigenvalue weighted by Crippen LogP contribution is -2.51. The van der Waals surface area contributed by atoms with E-state index in [0.717, 1.165) is 42.6 Å². The summed E-state index contributed by atoms with van der Waals surface area (Å²) >= 11 is 0. The number of amidine groups is 1. The second kappa shape index (κ2) is 11.0. The number of piperidine rings is 1. The van der Waals surface area contributed by atoms with Crippen LogP contribution in [-0.2, 0) is 26.0 Å². The van der Waals surface area contributed by atoms with Crippen LogP contribution in [0.5, 0.6) is 0 Å². The van der Waals surface area contributed by atoms with Gasteiger partial charge in [0.25, 0.3) is 5.91 Å². The van der Waals surface area contributed by atoms with Crippen molar-refractivity contribution >= 4 is 33.4 Å². The summed E-state index contributed by atoms with van der Waals surface area (Å²) in [4.78, 5) is 29.0. The first-order valence-corrected chi connectivity index (χ1v) is 14.5. The number of benzene rings is 1. The Kier molecular flexibility index (Phi) is 8.14. The van der Waals surface area contributed by atoms with Gasteiger partial charge in [0.1, 0.15) is 11.4 Å². The highest BCUT2D eigenvalue weighted by molar-refractivity contribution is 7.89. The van der Waals surface area contributed by atoms with E-state index in [0.29, 0.717) is 37.3 Å². The molecule has 2 aliphatic heterocycles. The lowest BCUT2D eigenvalue weighted by molar-refractivity contribution is -0.125. The summed E-state index contributed by atoms with van der Waals surface area (Å²) in [5, 5.41) is 5.73. The third-order valence-electron chi connectivity index (χ3n) is 7.98. The minimum absolute atomic E-state index is 0.0108. The molecule has 0 unspecified atom stereocenters. The van der Waals surface area contributed by atoms with Gasteiger partial charge < -0.3 is 10.6 Å². The molecule has 36 heavy (non-hydrogen) atoms. The molecule has 8 nitrogen and oxygen atoms in total. The van der Waals surface area contributed by atoms with Gasteiger partial charge in [0.2, 0.25) is 15.9 Å². The Morgan fingerprint density at radius 3 is 2.53 bits per heavy atom. The second-order valence-electron chi connectivity index (χ2n) is 10.5. The number of alkyl halides is 1. The Morgan fingerprint density at radius 2 is 1.92 bits per heavy atom. The van der Waals surface area contributed by atoms with Crippen molar-refractivity contribution in [3.8, 4) is 0 Å². The molecule has 2 fully saturated rings. The number of hydrogen-bond donors (Lipinski definition) is 2. The van der Waals surface area contributed by atoms with Crippen molar-refractivity contribution in [2.75, 3.05) is 30.8 Å². The molecule has 1 spiro atoms. The molecule has 1 aromatic carbocycles. The molecule has 198 valence electrons. The highest BCUT2D eigenvalue weighted by atomic mass is 32.2. The molecule has 4 rings (SSSR count). The van der Waals surface area contributed by atoms with Gasteiger partial charge in [-0.25, -0.2) is 12.7 Å². The SMILES string of the molecule is CC(=O)Nc1ccc(CCS(=O)(=O)N2CCC3(CC2)N=C([C@H]2CC[C@H](CCF)CC2)NC3=O)c(C)c1. The van der Waals surface area contributed by atoms with E-state index in [4.69, 9.17) is 4.99 Å². The largest absolute Gasteiger partial charge is 0.326 e. The third-order valence-corrected chi connectivity index (χ3v) is 9.86. The highest BCUT2D eigenvalue weighted by Gasteiger charge is 2.48. The van der Waals surface area contributed by atoms with Crippen molar-refractivity contribution < 1.29 is 22.4 Å². The predicted molar refractivity (Wildman–Crippen MR) is 138 cm³/mol. The molecule has 1 saturated heterocycles. The van der Waals surface area contributed by atoms with E-state index in [-0.39, 0.29) is 43.2 Å². The summed E-state index contributed by atoms with van der Waals surface area (Å²) in [6.07, 6.45) is 5.48. The molecule has 2 amide bonds. The second-order valence-corrected chi connectivity index (χ2v) is 12.6. The van der Waals surface area contributed by atoms with E-state index in [2.05, 4.69) is 10.6 Å². The first-order chi connectivity index (χ1) is 17.1. The van der Waals surface area contributed by atoms with Gasteiger partial charge in [-0.15, -0.1) is 0 Å². The smallest absolute Gasteiger partial charge is 0.253 e. The summed E-state index contributed by atoms with van der Waals surface area (Å²) in [6.45, 7) is 3.62. The monoisotopic (exact) mass is 520 g/mol. The molecule has 3 aliphatic rings. The number of anilines is 1. The van der Waals surface area contributed by atoms with Crippen LogP contribution in [-0.4, -0.2) is 61.4 Å². The van der Waals surface area contributed by atoms with Crippen molar-refractivity contribution in [3.05, 3.63) is 29.3 Å². The topological polar surface area (TPSA) is 108 Å². The molecule has 0 aromatic heterocycles. The highest BCUT2D eigenvalue weighted by Crippen LogP contribution is 2.36. The first-order valence-electron chi connectivity index (χ1n) is 12.9. The summed E-state index contributed by atoms with van der Waals surface area (Å²) in [5.74, 6) is 1.09. The number of halogens is 1. The van der Waals surface area contributed by atoms with Crippen LogP contribution in [0, 0.1) is 18.8 Å². The number of carbonyl (C=O) groups is 2. The minimum Gasteiger partial charge on any atom is -0.326 e. The molecular weight excluding hydrogens is 483 g/mol. The van der Waals surface area contributed by atoms with Gasteiger partial charge in [-0.3, -0.25) is 19.0 Å². The summed E-state index contributed by atoms with van der Waals surface area (Å²) in [5.41, 5.74) is 1.67. The summed E-state index contributed by atoms with van der Waals surface area (Å²) in [6, 6.07) is 5.48. The van der Waals surface area contributed by atoms with Crippen molar-refractivity contribution in [3.63, 3.8) is 0 Å². The number of sulfonamides is 1. The van der Waals surface area contributed by atoms with E-state index in [1.54, 1.807) is 6.07 Å². The molecule has 1 aromatic rings. The maximum atomic E-state index is 13.1. The van der Waals surface area contributed by atoms with E-state index in [1.165, 1.54) is 11.2 Å². The Balaban J connectivity index is 1.33. The predicted octanol–water partition coefficient (Wildman–Crippen LogP) is 3.35. The maximum Gasteiger partial charge on any atom is 0.253 e. The van der Waals surface area contributed by atoms with Gasteiger partial charge in [0, 0.05) is 31.6 Å².